The van der Waals surface area contributed by atoms with Gasteiger partial charge in [0.1, 0.15) is 5.56 Å². The molecule has 6 nitrogen and oxygen atoms in total. The molecule has 29 heavy (non-hydrogen) atoms. The van der Waals surface area contributed by atoms with Crippen molar-refractivity contribution in [3.63, 3.8) is 0 Å². The average molecular weight is 396 g/mol. The number of unbranched alkanes of at least 4 members (excludes halogenated alkanes) is 1. The Hall–Kier alpha value is -2.89. The van der Waals surface area contributed by atoms with E-state index >= 15 is 0 Å². The van der Waals surface area contributed by atoms with Gasteiger partial charge in [0.25, 0.3) is 11.5 Å². The first-order chi connectivity index (χ1) is 14.1. The molecule has 6 heteroatoms. The molecular formula is C23H28N2O4. The fourth-order valence-electron chi connectivity index (χ4n) is 3.85. The number of nitrogens with zero attached hydrogens (tertiary/aromatic N) is 1. The standard InChI is InChI=1S/C23H28N2O4/c1-3-4-14-25-19-13-9-8-12-17(19)15-18(22(25)27)21(26)24-20(23(28)29-2)16-10-6-5-7-11-16/h5-7,10-11,15,20H,3-4,8-9,12-14H2,1-2H3,(H,24,26). The number of hydrogen-bond donors (Lipinski definition) is 1. The number of esters is 1. The topological polar surface area (TPSA) is 77.4 Å². The van der Waals surface area contributed by atoms with Gasteiger partial charge >= 0.3 is 5.97 Å². The lowest BCUT2D eigenvalue weighted by molar-refractivity contribution is -0.143. The quantitative estimate of drug-likeness (QED) is 0.729. The zero-order valence-electron chi connectivity index (χ0n) is 17.1. The molecule has 1 N–H and O–H groups in total. The van der Waals surface area contributed by atoms with Crippen molar-refractivity contribution < 1.29 is 14.3 Å². The zero-order valence-corrected chi connectivity index (χ0v) is 17.1. The van der Waals surface area contributed by atoms with Gasteiger partial charge in [0.05, 0.1) is 7.11 Å². The lowest BCUT2D eigenvalue weighted by Gasteiger charge is -2.23. The summed E-state index contributed by atoms with van der Waals surface area (Å²) in [7, 11) is 1.28. The summed E-state index contributed by atoms with van der Waals surface area (Å²) in [5.41, 5.74) is 2.53. The Morgan fingerprint density at radius 1 is 1.17 bits per heavy atom. The van der Waals surface area contributed by atoms with E-state index in [1.165, 1.54) is 7.11 Å². The van der Waals surface area contributed by atoms with E-state index in [1.807, 2.05) is 6.07 Å². The molecule has 154 valence electrons. The Bertz CT molecular complexity index is 934. The Kier molecular flexibility index (Phi) is 6.86. The molecule has 1 aliphatic rings. The maximum atomic E-state index is 13.1. The Morgan fingerprint density at radius 2 is 1.90 bits per heavy atom. The van der Waals surface area contributed by atoms with Crippen LogP contribution in [0.25, 0.3) is 0 Å². The molecule has 0 spiro atoms. The van der Waals surface area contributed by atoms with Crippen LogP contribution in [0.4, 0.5) is 0 Å². The van der Waals surface area contributed by atoms with Crippen LogP contribution in [0.3, 0.4) is 0 Å². The molecule has 0 radical (unpaired) electrons. The van der Waals surface area contributed by atoms with Gasteiger partial charge in [-0.1, -0.05) is 43.7 Å². The number of methoxy groups -OCH3 is 1. The van der Waals surface area contributed by atoms with Crippen molar-refractivity contribution in [2.75, 3.05) is 7.11 Å². The Balaban J connectivity index is 1.97. The van der Waals surface area contributed by atoms with Crippen molar-refractivity contribution in [2.45, 2.75) is 58.0 Å². The van der Waals surface area contributed by atoms with E-state index in [4.69, 9.17) is 4.74 Å². The number of ether oxygens (including phenoxy) is 1. The number of aryl methyl sites for hydroxylation is 1. The second kappa shape index (κ2) is 9.54. The molecule has 1 heterocycles. The smallest absolute Gasteiger partial charge is 0.333 e. The van der Waals surface area contributed by atoms with Gasteiger partial charge in [-0.05, 0) is 49.3 Å². The lowest BCUT2D eigenvalue weighted by atomic mass is 9.94. The van der Waals surface area contributed by atoms with E-state index in [1.54, 1.807) is 34.9 Å². The van der Waals surface area contributed by atoms with Crippen LogP contribution in [0, 0.1) is 0 Å². The molecule has 0 saturated heterocycles. The third kappa shape index (κ3) is 4.58. The molecule has 0 bridgehead atoms. The van der Waals surface area contributed by atoms with Gasteiger partial charge in [-0.15, -0.1) is 0 Å². The predicted molar refractivity (Wildman–Crippen MR) is 111 cm³/mol. The maximum absolute atomic E-state index is 13.1. The van der Waals surface area contributed by atoms with Crippen molar-refractivity contribution in [1.29, 1.82) is 0 Å². The van der Waals surface area contributed by atoms with E-state index in [0.29, 0.717) is 12.1 Å². The van der Waals surface area contributed by atoms with E-state index in [2.05, 4.69) is 12.2 Å². The van der Waals surface area contributed by atoms with Crippen LogP contribution in [-0.2, 0) is 28.9 Å². The lowest BCUT2D eigenvalue weighted by Crippen LogP contribution is -2.39. The second-order valence-corrected chi connectivity index (χ2v) is 7.39. The van der Waals surface area contributed by atoms with Crippen molar-refractivity contribution >= 4 is 11.9 Å². The largest absolute Gasteiger partial charge is 0.467 e. The summed E-state index contributed by atoms with van der Waals surface area (Å²) in [6, 6.07) is 9.64. The number of carbonyl (C=O) groups is 2. The minimum Gasteiger partial charge on any atom is -0.467 e. The molecular weight excluding hydrogens is 368 g/mol. The molecule has 1 aromatic heterocycles. The number of nitrogens with one attached hydrogen (secondary N) is 1. The van der Waals surface area contributed by atoms with E-state index < -0.39 is 17.9 Å². The summed E-state index contributed by atoms with van der Waals surface area (Å²) in [6.45, 7) is 2.69. The third-order valence-corrected chi connectivity index (χ3v) is 5.43. The molecule has 1 atom stereocenters. The van der Waals surface area contributed by atoms with Crippen LogP contribution in [0.5, 0.6) is 0 Å². The maximum Gasteiger partial charge on any atom is 0.333 e. The highest BCUT2D eigenvalue weighted by Gasteiger charge is 2.27. The molecule has 0 saturated carbocycles. The molecule has 1 amide bonds. The molecule has 1 aromatic carbocycles. The SMILES string of the molecule is CCCCn1c2c(cc(C(=O)NC(C(=O)OC)c3ccccc3)c1=O)CCCC2. The number of carbonyl (C=O) groups excluding carboxylic acids is 2. The van der Waals surface area contributed by atoms with Gasteiger partial charge in [0, 0.05) is 12.2 Å². The number of amides is 1. The molecule has 1 unspecified atom stereocenters. The number of aromatic nitrogens is 1. The van der Waals surface area contributed by atoms with E-state index in [-0.39, 0.29) is 11.1 Å². The van der Waals surface area contributed by atoms with E-state index in [9.17, 15) is 14.4 Å². The highest BCUT2D eigenvalue weighted by Crippen LogP contribution is 2.22. The van der Waals surface area contributed by atoms with Crippen LogP contribution >= 0.6 is 0 Å². The number of fused-ring (bicyclic) bond motifs is 1. The minimum absolute atomic E-state index is 0.0894. The summed E-state index contributed by atoms with van der Waals surface area (Å²) >= 11 is 0. The zero-order chi connectivity index (χ0) is 20.8. The van der Waals surface area contributed by atoms with Gasteiger partial charge in [0.15, 0.2) is 6.04 Å². The molecule has 0 aliphatic heterocycles. The highest BCUT2D eigenvalue weighted by atomic mass is 16.5. The monoisotopic (exact) mass is 396 g/mol. The summed E-state index contributed by atoms with van der Waals surface area (Å²) in [5, 5.41) is 2.70. The van der Waals surface area contributed by atoms with Crippen molar-refractivity contribution in [2.24, 2.45) is 0 Å². The molecule has 3 rings (SSSR count). The van der Waals surface area contributed by atoms with Crippen LogP contribution < -0.4 is 10.9 Å². The predicted octanol–water partition coefficient (Wildman–Crippen LogP) is 3.17. The third-order valence-electron chi connectivity index (χ3n) is 5.43. The van der Waals surface area contributed by atoms with Crippen LogP contribution in [0.1, 0.15) is 65.8 Å². The molecule has 1 aliphatic carbocycles. The summed E-state index contributed by atoms with van der Waals surface area (Å²) < 4.78 is 6.63. The van der Waals surface area contributed by atoms with Gasteiger partial charge in [-0.3, -0.25) is 9.59 Å². The number of benzene rings is 1. The first-order valence-electron chi connectivity index (χ1n) is 10.3. The number of pyridine rings is 1. The second-order valence-electron chi connectivity index (χ2n) is 7.39. The fourth-order valence-corrected chi connectivity index (χ4v) is 3.85. The van der Waals surface area contributed by atoms with Crippen molar-refractivity contribution in [3.05, 3.63) is 69.1 Å². The number of hydrogen-bond acceptors (Lipinski definition) is 4. The van der Waals surface area contributed by atoms with Gasteiger partial charge in [-0.25, -0.2) is 4.79 Å². The van der Waals surface area contributed by atoms with Crippen LogP contribution in [0.2, 0.25) is 0 Å². The average Bonchev–Trinajstić information content (AvgIpc) is 2.76. The summed E-state index contributed by atoms with van der Waals surface area (Å²) in [6.07, 6.45) is 5.69. The normalized spacial score (nSPS) is 14.0. The van der Waals surface area contributed by atoms with Gasteiger partial charge < -0.3 is 14.6 Å². The fraction of sp³-hybridized carbons (Fsp3) is 0.435. The van der Waals surface area contributed by atoms with E-state index in [0.717, 1.165) is 49.8 Å². The van der Waals surface area contributed by atoms with Crippen molar-refractivity contribution in [3.8, 4) is 0 Å². The van der Waals surface area contributed by atoms with Crippen LogP contribution in [-0.4, -0.2) is 23.6 Å². The first kappa shape index (κ1) is 20.8. The van der Waals surface area contributed by atoms with Crippen molar-refractivity contribution in [1.82, 2.24) is 9.88 Å². The minimum atomic E-state index is -0.965. The molecule has 0 fully saturated rings. The Labute approximate surface area is 170 Å². The Morgan fingerprint density at radius 3 is 2.59 bits per heavy atom. The van der Waals surface area contributed by atoms with Gasteiger partial charge in [0.2, 0.25) is 0 Å². The van der Waals surface area contributed by atoms with Crippen LogP contribution in [0.15, 0.2) is 41.2 Å². The van der Waals surface area contributed by atoms with Gasteiger partial charge in [-0.2, -0.15) is 0 Å². The highest BCUT2D eigenvalue weighted by molar-refractivity contribution is 5.97. The summed E-state index contributed by atoms with van der Waals surface area (Å²) in [5.74, 6) is -1.12. The summed E-state index contributed by atoms with van der Waals surface area (Å²) in [4.78, 5) is 38.5. The number of rotatable bonds is 7. The molecule has 2 aromatic rings. The first-order valence-corrected chi connectivity index (χ1v) is 10.3.